The molecule has 1 aliphatic carbocycles. The van der Waals surface area contributed by atoms with E-state index in [4.69, 9.17) is 9.47 Å². The molecule has 11 heteroatoms. The van der Waals surface area contributed by atoms with Gasteiger partial charge in [-0.1, -0.05) is 39.2 Å². The van der Waals surface area contributed by atoms with Crippen molar-refractivity contribution in [1.29, 1.82) is 0 Å². The van der Waals surface area contributed by atoms with E-state index in [0.29, 0.717) is 16.4 Å². The molecule has 34 heavy (non-hydrogen) atoms. The molecule has 0 spiro atoms. The van der Waals surface area contributed by atoms with Crippen molar-refractivity contribution in [3.05, 3.63) is 29.6 Å². The molecule has 2 aliphatic heterocycles. The van der Waals surface area contributed by atoms with Crippen LogP contribution < -0.4 is 19.1 Å². The van der Waals surface area contributed by atoms with Gasteiger partial charge in [0.05, 0.1) is 5.92 Å². The summed E-state index contributed by atoms with van der Waals surface area (Å²) >= 11 is 0. The van der Waals surface area contributed by atoms with Crippen molar-refractivity contribution in [3.8, 4) is 5.75 Å². The fourth-order valence-corrected chi connectivity index (χ4v) is 5.44. The van der Waals surface area contributed by atoms with Crippen molar-refractivity contribution in [3.63, 3.8) is 0 Å². The first kappa shape index (κ1) is 24.5. The smallest absolute Gasteiger partial charge is 0.326 e. The SMILES string of the molecule is CC(C)C(=O)OCOc1ccc(C2=C[C@@H](CCC3CCC3)NC2)c(F)c1N1CC(=O)NS1(=O)=O. The molecular formula is C23H30FN3O6S. The molecule has 9 nitrogen and oxygen atoms in total. The van der Waals surface area contributed by atoms with Crippen LogP contribution in [0.3, 0.4) is 0 Å². The molecule has 1 saturated heterocycles. The van der Waals surface area contributed by atoms with Crippen molar-refractivity contribution < 1.29 is 31.9 Å². The zero-order valence-corrected chi connectivity index (χ0v) is 20.1. The lowest BCUT2D eigenvalue weighted by molar-refractivity contribution is -0.153. The summed E-state index contributed by atoms with van der Waals surface area (Å²) in [5, 5.41) is 3.37. The molecule has 0 radical (unpaired) electrons. The first-order chi connectivity index (χ1) is 16.2. The van der Waals surface area contributed by atoms with E-state index < -0.39 is 46.9 Å². The van der Waals surface area contributed by atoms with E-state index in [2.05, 4.69) is 5.32 Å². The van der Waals surface area contributed by atoms with Gasteiger partial charge < -0.3 is 14.8 Å². The Morgan fingerprint density at radius 1 is 1.26 bits per heavy atom. The third-order valence-corrected chi connectivity index (χ3v) is 7.83. The summed E-state index contributed by atoms with van der Waals surface area (Å²) < 4.78 is 53.7. The number of nitrogens with one attached hydrogen (secondary N) is 2. The number of hydrogen-bond donors (Lipinski definition) is 2. The van der Waals surface area contributed by atoms with Crippen LogP contribution in [0.5, 0.6) is 5.75 Å². The van der Waals surface area contributed by atoms with Crippen LogP contribution in [0.4, 0.5) is 10.1 Å². The molecule has 1 atom stereocenters. The van der Waals surface area contributed by atoms with E-state index in [0.717, 1.165) is 18.8 Å². The first-order valence-electron chi connectivity index (χ1n) is 11.6. The summed E-state index contributed by atoms with van der Waals surface area (Å²) in [6.45, 7) is 2.65. The Labute approximate surface area is 198 Å². The van der Waals surface area contributed by atoms with Crippen LogP contribution in [0.15, 0.2) is 18.2 Å². The number of carbonyl (C=O) groups excluding carboxylic acids is 2. The number of carbonyl (C=O) groups is 2. The minimum Gasteiger partial charge on any atom is -0.455 e. The highest BCUT2D eigenvalue weighted by atomic mass is 32.2. The number of hydrogen-bond acceptors (Lipinski definition) is 7. The van der Waals surface area contributed by atoms with Gasteiger partial charge in [-0.3, -0.25) is 9.59 Å². The summed E-state index contributed by atoms with van der Waals surface area (Å²) in [4.78, 5) is 23.5. The third kappa shape index (κ3) is 5.20. The molecule has 2 heterocycles. The second-order valence-corrected chi connectivity index (χ2v) is 10.8. The number of halogens is 1. The summed E-state index contributed by atoms with van der Waals surface area (Å²) in [7, 11) is -4.28. The van der Waals surface area contributed by atoms with Crippen LogP contribution in [0, 0.1) is 17.7 Å². The highest BCUT2D eigenvalue weighted by molar-refractivity contribution is 7.92. The topological polar surface area (TPSA) is 114 Å². The van der Waals surface area contributed by atoms with Crippen molar-refractivity contribution >= 4 is 33.3 Å². The fraction of sp³-hybridized carbons (Fsp3) is 0.565. The summed E-state index contributed by atoms with van der Waals surface area (Å²) in [6.07, 6.45) is 7.90. The number of benzene rings is 1. The lowest BCUT2D eigenvalue weighted by Crippen LogP contribution is -2.31. The maximum atomic E-state index is 15.8. The molecule has 3 aliphatic rings. The van der Waals surface area contributed by atoms with Crippen molar-refractivity contribution in [2.45, 2.75) is 52.0 Å². The van der Waals surface area contributed by atoms with Crippen molar-refractivity contribution in [1.82, 2.24) is 10.0 Å². The predicted molar refractivity (Wildman–Crippen MR) is 124 cm³/mol. The van der Waals surface area contributed by atoms with Gasteiger partial charge in [0, 0.05) is 18.2 Å². The van der Waals surface area contributed by atoms with E-state index in [-0.39, 0.29) is 23.3 Å². The largest absolute Gasteiger partial charge is 0.455 e. The van der Waals surface area contributed by atoms with Gasteiger partial charge in [-0.05, 0) is 36.5 Å². The zero-order chi connectivity index (χ0) is 24.5. The second-order valence-electron chi connectivity index (χ2n) is 9.24. The van der Waals surface area contributed by atoms with Gasteiger partial charge >= 0.3 is 16.2 Å². The Balaban J connectivity index is 1.60. The third-order valence-electron chi connectivity index (χ3n) is 6.45. The van der Waals surface area contributed by atoms with Gasteiger partial charge in [-0.25, -0.2) is 13.4 Å². The minimum absolute atomic E-state index is 0.128. The number of rotatable bonds is 9. The van der Waals surface area contributed by atoms with Gasteiger partial charge in [-0.2, -0.15) is 8.42 Å². The van der Waals surface area contributed by atoms with Crippen LogP contribution in [0.1, 0.15) is 51.5 Å². The maximum Gasteiger partial charge on any atom is 0.326 e. The summed E-state index contributed by atoms with van der Waals surface area (Å²) in [5.74, 6) is -1.87. The molecule has 1 aromatic rings. The Morgan fingerprint density at radius 3 is 2.65 bits per heavy atom. The van der Waals surface area contributed by atoms with Gasteiger partial charge in [0.25, 0.3) is 5.91 Å². The summed E-state index contributed by atoms with van der Waals surface area (Å²) in [6, 6.07) is 3.07. The van der Waals surface area contributed by atoms with Gasteiger partial charge in [-0.15, -0.1) is 0 Å². The quantitative estimate of drug-likeness (QED) is 0.400. The first-order valence-corrected chi connectivity index (χ1v) is 13.0. The molecule has 0 unspecified atom stereocenters. The molecule has 1 aromatic carbocycles. The van der Waals surface area contributed by atoms with E-state index in [9.17, 15) is 18.0 Å². The Hall–Kier alpha value is -2.66. The normalized spacial score (nSPS) is 21.9. The standard InChI is InChI=1S/C23H30FN3O6S/c1-14(2)23(29)33-13-32-19-9-8-18(16-10-17(25-11-16)7-6-15-4-3-5-15)21(24)22(19)27-12-20(28)26-34(27,30)31/h8-10,14-15,17,25H,3-7,11-13H2,1-2H3,(H,26,28)/t17-/m1/s1. The highest BCUT2D eigenvalue weighted by Gasteiger charge is 2.39. The van der Waals surface area contributed by atoms with Crippen LogP contribution in [0.25, 0.3) is 5.57 Å². The lowest BCUT2D eigenvalue weighted by Gasteiger charge is -2.26. The van der Waals surface area contributed by atoms with Gasteiger partial charge in [0.15, 0.2) is 11.6 Å². The number of nitrogens with zero attached hydrogens (tertiary/aromatic N) is 1. The van der Waals surface area contributed by atoms with E-state index in [1.54, 1.807) is 13.8 Å². The minimum atomic E-state index is -4.28. The van der Waals surface area contributed by atoms with E-state index in [1.807, 2.05) is 10.8 Å². The molecule has 0 aromatic heterocycles. The Bertz CT molecular complexity index is 1100. The van der Waals surface area contributed by atoms with Crippen LogP contribution in [-0.2, 0) is 24.5 Å². The number of ether oxygens (including phenoxy) is 2. The Morgan fingerprint density at radius 2 is 2.03 bits per heavy atom. The predicted octanol–water partition coefficient (Wildman–Crippen LogP) is 2.48. The summed E-state index contributed by atoms with van der Waals surface area (Å²) in [5.41, 5.74) is 0.552. The molecule has 2 fully saturated rings. The van der Waals surface area contributed by atoms with Gasteiger partial charge in [0.2, 0.25) is 6.79 Å². The van der Waals surface area contributed by atoms with Gasteiger partial charge in [0.1, 0.15) is 12.2 Å². The van der Waals surface area contributed by atoms with Crippen molar-refractivity contribution in [2.75, 3.05) is 24.2 Å². The average Bonchev–Trinajstić information content (AvgIpc) is 3.30. The molecule has 1 saturated carbocycles. The molecule has 0 bridgehead atoms. The van der Waals surface area contributed by atoms with E-state index in [1.165, 1.54) is 31.4 Å². The van der Waals surface area contributed by atoms with Crippen LogP contribution >= 0.6 is 0 Å². The van der Waals surface area contributed by atoms with Crippen molar-refractivity contribution in [2.24, 2.45) is 11.8 Å². The Kier molecular flexibility index (Phi) is 7.13. The van der Waals surface area contributed by atoms with Crippen LogP contribution in [-0.4, -0.2) is 46.2 Å². The molecule has 186 valence electrons. The number of esters is 1. The highest BCUT2D eigenvalue weighted by Crippen LogP contribution is 2.39. The number of anilines is 1. The maximum absolute atomic E-state index is 15.8. The van der Waals surface area contributed by atoms with E-state index >= 15 is 4.39 Å². The second kappa shape index (κ2) is 9.91. The molecule has 4 rings (SSSR count). The molecular weight excluding hydrogens is 465 g/mol. The lowest BCUT2D eigenvalue weighted by atomic mass is 9.81. The van der Waals surface area contributed by atoms with Crippen LogP contribution in [0.2, 0.25) is 0 Å². The number of amides is 1. The average molecular weight is 496 g/mol. The zero-order valence-electron chi connectivity index (χ0n) is 19.3. The molecule has 1 amide bonds. The monoisotopic (exact) mass is 495 g/mol. The fourth-order valence-electron chi connectivity index (χ4n) is 4.28. The molecule has 2 N–H and O–H groups in total.